The standard InChI is InChI=1S/C15H21N7S/c16-11-5-10(6-11)12-7-13(20-15(19-12)9-1-2-9)17-3-4-23-14-8-18-22-21-14/h7-11H,1-6,16H2,(H,17,19,20)(H,18,21,22). The van der Waals surface area contributed by atoms with Gasteiger partial charge in [-0.25, -0.2) is 9.97 Å². The van der Waals surface area contributed by atoms with Crippen LogP contribution >= 0.6 is 11.8 Å². The molecule has 0 saturated heterocycles. The SMILES string of the molecule is NC1CC(c2cc(NCCSc3cn[nH]n3)nc(C3CC3)n2)C1. The number of aromatic amines is 1. The van der Waals surface area contributed by atoms with Gasteiger partial charge in [0.05, 0.1) is 6.20 Å². The zero-order valence-corrected chi connectivity index (χ0v) is 13.7. The van der Waals surface area contributed by atoms with Crippen molar-refractivity contribution in [3.63, 3.8) is 0 Å². The molecule has 0 atom stereocenters. The first-order chi connectivity index (χ1) is 11.3. The van der Waals surface area contributed by atoms with E-state index in [2.05, 4.69) is 26.8 Å². The van der Waals surface area contributed by atoms with E-state index in [1.807, 2.05) is 0 Å². The van der Waals surface area contributed by atoms with Gasteiger partial charge in [-0.05, 0) is 25.7 Å². The summed E-state index contributed by atoms with van der Waals surface area (Å²) in [4.78, 5) is 9.48. The van der Waals surface area contributed by atoms with Gasteiger partial charge in [0.25, 0.3) is 0 Å². The van der Waals surface area contributed by atoms with Gasteiger partial charge in [0, 0.05) is 41.9 Å². The summed E-state index contributed by atoms with van der Waals surface area (Å²) in [5.74, 6) is 3.94. The maximum absolute atomic E-state index is 5.92. The number of rotatable bonds is 7. The summed E-state index contributed by atoms with van der Waals surface area (Å²) in [6, 6.07) is 2.44. The third-order valence-corrected chi connectivity index (χ3v) is 5.25. The fraction of sp³-hybridized carbons (Fsp3) is 0.600. The molecular weight excluding hydrogens is 310 g/mol. The molecule has 4 rings (SSSR count). The number of thioether (sulfide) groups is 1. The van der Waals surface area contributed by atoms with Crippen LogP contribution in [0.4, 0.5) is 5.82 Å². The predicted octanol–water partition coefficient (Wildman–Crippen LogP) is 1.88. The summed E-state index contributed by atoms with van der Waals surface area (Å²) in [6.45, 7) is 0.836. The molecule has 2 aromatic rings. The van der Waals surface area contributed by atoms with Crippen LogP contribution in [0.2, 0.25) is 0 Å². The number of H-pyrrole nitrogens is 1. The summed E-state index contributed by atoms with van der Waals surface area (Å²) >= 11 is 1.67. The van der Waals surface area contributed by atoms with Crippen LogP contribution < -0.4 is 11.1 Å². The highest BCUT2D eigenvalue weighted by Gasteiger charge is 2.32. The largest absolute Gasteiger partial charge is 0.369 e. The highest BCUT2D eigenvalue weighted by atomic mass is 32.2. The smallest absolute Gasteiger partial charge is 0.138 e. The van der Waals surface area contributed by atoms with Gasteiger partial charge in [0.15, 0.2) is 0 Å². The Morgan fingerprint density at radius 3 is 2.83 bits per heavy atom. The molecule has 0 bridgehead atoms. The van der Waals surface area contributed by atoms with Crippen LogP contribution in [-0.2, 0) is 0 Å². The van der Waals surface area contributed by atoms with E-state index in [4.69, 9.17) is 15.7 Å². The molecule has 2 aromatic heterocycles. The molecular formula is C15H21N7S. The van der Waals surface area contributed by atoms with Crippen LogP contribution in [0.1, 0.15) is 49.0 Å². The van der Waals surface area contributed by atoms with E-state index in [0.29, 0.717) is 17.9 Å². The summed E-state index contributed by atoms with van der Waals surface area (Å²) in [5.41, 5.74) is 7.09. The van der Waals surface area contributed by atoms with Gasteiger partial charge >= 0.3 is 0 Å². The Morgan fingerprint density at radius 1 is 1.26 bits per heavy atom. The van der Waals surface area contributed by atoms with E-state index in [1.54, 1.807) is 18.0 Å². The Balaban J connectivity index is 1.38. The lowest BCUT2D eigenvalue weighted by atomic mass is 9.78. The molecule has 0 aliphatic heterocycles. The second kappa shape index (κ2) is 6.45. The lowest BCUT2D eigenvalue weighted by molar-refractivity contribution is 0.344. The number of nitrogens with zero attached hydrogens (tertiary/aromatic N) is 4. The van der Waals surface area contributed by atoms with Crippen LogP contribution in [0.25, 0.3) is 0 Å². The monoisotopic (exact) mass is 331 g/mol. The molecule has 0 radical (unpaired) electrons. The van der Waals surface area contributed by atoms with Crippen molar-refractivity contribution in [2.45, 2.75) is 48.6 Å². The number of anilines is 1. The molecule has 0 unspecified atom stereocenters. The van der Waals surface area contributed by atoms with Gasteiger partial charge < -0.3 is 11.1 Å². The van der Waals surface area contributed by atoms with Crippen LogP contribution in [0.5, 0.6) is 0 Å². The molecule has 2 aliphatic carbocycles. The first kappa shape index (κ1) is 14.9. The Morgan fingerprint density at radius 2 is 2.13 bits per heavy atom. The highest BCUT2D eigenvalue weighted by Crippen LogP contribution is 2.41. The minimum atomic E-state index is 0.342. The van der Waals surface area contributed by atoms with E-state index >= 15 is 0 Å². The average Bonchev–Trinajstić information content (AvgIpc) is 3.25. The maximum Gasteiger partial charge on any atom is 0.138 e. The van der Waals surface area contributed by atoms with Gasteiger partial charge in [0.2, 0.25) is 0 Å². The Kier molecular flexibility index (Phi) is 4.17. The number of nitrogens with one attached hydrogen (secondary N) is 2. The normalized spacial score (nSPS) is 23.5. The Bertz CT molecular complexity index is 650. The number of hydrogen-bond donors (Lipinski definition) is 3. The fourth-order valence-electron chi connectivity index (χ4n) is 2.81. The zero-order chi connectivity index (χ0) is 15.6. The molecule has 2 heterocycles. The van der Waals surface area contributed by atoms with Crippen molar-refractivity contribution in [2.75, 3.05) is 17.6 Å². The van der Waals surface area contributed by atoms with E-state index < -0.39 is 0 Å². The molecule has 23 heavy (non-hydrogen) atoms. The second-order valence-corrected chi connectivity index (χ2v) is 7.44. The minimum absolute atomic E-state index is 0.342. The fourth-order valence-corrected chi connectivity index (χ4v) is 3.45. The lowest BCUT2D eigenvalue weighted by Crippen LogP contribution is -2.35. The van der Waals surface area contributed by atoms with Crippen molar-refractivity contribution >= 4 is 17.6 Å². The molecule has 122 valence electrons. The quantitative estimate of drug-likeness (QED) is 0.525. The summed E-state index contributed by atoms with van der Waals surface area (Å²) in [7, 11) is 0. The maximum atomic E-state index is 5.92. The number of hydrogen-bond acceptors (Lipinski definition) is 7. The first-order valence-electron chi connectivity index (χ1n) is 8.15. The zero-order valence-electron chi connectivity index (χ0n) is 12.9. The van der Waals surface area contributed by atoms with E-state index in [9.17, 15) is 0 Å². The van der Waals surface area contributed by atoms with Crippen LogP contribution in [0, 0.1) is 0 Å². The minimum Gasteiger partial charge on any atom is -0.369 e. The Hall–Kier alpha value is -1.67. The van der Waals surface area contributed by atoms with Gasteiger partial charge in [0.1, 0.15) is 16.7 Å². The van der Waals surface area contributed by atoms with E-state index in [-0.39, 0.29) is 0 Å². The van der Waals surface area contributed by atoms with Crippen molar-refractivity contribution < 1.29 is 0 Å². The van der Waals surface area contributed by atoms with Crippen LogP contribution in [0.15, 0.2) is 17.3 Å². The third kappa shape index (κ3) is 3.64. The van der Waals surface area contributed by atoms with Crippen LogP contribution in [0.3, 0.4) is 0 Å². The van der Waals surface area contributed by atoms with Gasteiger partial charge in [-0.3, -0.25) is 0 Å². The molecule has 7 nitrogen and oxygen atoms in total. The van der Waals surface area contributed by atoms with Crippen molar-refractivity contribution in [3.05, 3.63) is 23.8 Å². The molecule has 0 amide bonds. The average molecular weight is 331 g/mol. The molecule has 2 fully saturated rings. The number of aromatic nitrogens is 5. The molecule has 2 saturated carbocycles. The third-order valence-electron chi connectivity index (χ3n) is 4.35. The van der Waals surface area contributed by atoms with E-state index in [1.165, 1.54) is 12.8 Å². The van der Waals surface area contributed by atoms with Crippen molar-refractivity contribution in [3.8, 4) is 0 Å². The summed E-state index contributed by atoms with van der Waals surface area (Å²) < 4.78 is 0. The topological polar surface area (TPSA) is 105 Å². The first-order valence-corrected chi connectivity index (χ1v) is 9.13. The predicted molar refractivity (Wildman–Crippen MR) is 89.6 cm³/mol. The van der Waals surface area contributed by atoms with E-state index in [0.717, 1.165) is 47.5 Å². The molecule has 0 spiro atoms. The molecule has 8 heteroatoms. The van der Waals surface area contributed by atoms with Crippen molar-refractivity contribution in [2.24, 2.45) is 5.73 Å². The Labute approximate surface area is 139 Å². The second-order valence-electron chi connectivity index (χ2n) is 6.32. The van der Waals surface area contributed by atoms with Gasteiger partial charge in [-0.15, -0.1) is 16.9 Å². The molecule has 0 aromatic carbocycles. The lowest BCUT2D eigenvalue weighted by Gasteiger charge is -2.32. The summed E-state index contributed by atoms with van der Waals surface area (Å²) in [5, 5.41) is 14.8. The molecule has 2 aliphatic rings. The van der Waals surface area contributed by atoms with Crippen molar-refractivity contribution in [1.29, 1.82) is 0 Å². The van der Waals surface area contributed by atoms with Gasteiger partial charge in [-0.2, -0.15) is 10.3 Å². The molecule has 4 N–H and O–H groups in total. The number of nitrogens with two attached hydrogens (primary N) is 1. The van der Waals surface area contributed by atoms with Gasteiger partial charge in [-0.1, -0.05) is 0 Å². The highest BCUT2D eigenvalue weighted by molar-refractivity contribution is 7.99. The van der Waals surface area contributed by atoms with Crippen molar-refractivity contribution in [1.82, 2.24) is 25.4 Å². The summed E-state index contributed by atoms with van der Waals surface area (Å²) in [6.07, 6.45) is 6.26. The van der Waals surface area contributed by atoms with Crippen LogP contribution in [-0.4, -0.2) is 43.7 Å².